The summed E-state index contributed by atoms with van der Waals surface area (Å²) in [5, 5.41) is 0. The molecular weight excluding hydrogens is 306 g/mol. The van der Waals surface area contributed by atoms with Crippen molar-refractivity contribution in [2.45, 2.75) is 6.92 Å². The second-order valence-electron chi connectivity index (χ2n) is 6.72. The largest absolute Gasteiger partial charge is 0.370 e. The van der Waals surface area contributed by atoms with E-state index in [9.17, 15) is 0 Å². The molecule has 0 bridgehead atoms. The number of nitrogens with zero attached hydrogens (tertiary/aromatic N) is 1. The van der Waals surface area contributed by atoms with Crippen molar-refractivity contribution >= 4 is 6.08 Å². The molecule has 3 rings (SSSR count). The molecule has 0 saturated carbocycles. The smallest absolute Gasteiger partial charge is 0.141 e. The van der Waals surface area contributed by atoms with E-state index in [2.05, 4.69) is 79.4 Å². The van der Waals surface area contributed by atoms with Gasteiger partial charge in [0.05, 0.1) is 19.8 Å². The normalized spacial score (nSPS) is 16.4. The van der Waals surface area contributed by atoms with Crippen molar-refractivity contribution in [3.05, 3.63) is 77.4 Å². The number of benzene rings is 2. The van der Waals surface area contributed by atoms with Gasteiger partial charge >= 0.3 is 0 Å². The van der Waals surface area contributed by atoms with E-state index in [1.165, 1.54) is 11.1 Å². The number of quaternary nitrogens is 1. The Morgan fingerprint density at radius 3 is 2.44 bits per heavy atom. The molecule has 0 amide bonds. The molecular formula is C23H26NO+. The maximum atomic E-state index is 5.58. The Balaban J connectivity index is 1.66. The SMILES string of the molecule is Cc1ccc(C#CC[N+]2(CC=Cc3ccccc3)CCOCC2)cc1. The molecule has 0 radical (unpaired) electrons. The number of aryl methyl sites for hydroxylation is 1. The zero-order valence-corrected chi connectivity index (χ0v) is 14.9. The van der Waals surface area contributed by atoms with Crippen LogP contribution in [0.15, 0.2) is 60.7 Å². The second-order valence-corrected chi connectivity index (χ2v) is 6.72. The molecule has 1 heterocycles. The lowest BCUT2D eigenvalue weighted by Gasteiger charge is -2.39. The van der Waals surface area contributed by atoms with Crippen molar-refractivity contribution in [2.24, 2.45) is 0 Å². The molecule has 1 fully saturated rings. The maximum Gasteiger partial charge on any atom is 0.141 e. The quantitative estimate of drug-likeness (QED) is 0.609. The predicted octanol–water partition coefficient (Wildman–Crippen LogP) is 3.91. The van der Waals surface area contributed by atoms with Crippen LogP contribution in [0.3, 0.4) is 0 Å². The van der Waals surface area contributed by atoms with Crippen molar-refractivity contribution in [3.63, 3.8) is 0 Å². The standard InChI is InChI=1S/C23H26NO/c1-21-11-13-23(14-12-21)10-6-16-24(17-19-25-20-18-24)15-5-9-22-7-3-2-4-8-22/h2-5,7-9,11-14H,15-20H2,1H3/q+1. The van der Waals surface area contributed by atoms with Crippen molar-refractivity contribution in [1.29, 1.82) is 0 Å². The first-order valence-corrected chi connectivity index (χ1v) is 8.96. The Hall–Kier alpha value is -2.34. The van der Waals surface area contributed by atoms with E-state index in [1.54, 1.807) is 0 Å². The summed E-state index contributed by atoms with van der Waals surface area (Å²) in [5.41, 5.74) is 3.62. The summed E-state index contributed by atoms with van der Waals surface area (Å²) in [6.45, 7) is 7.68. The highest BCUT2D eigenvalue weighted by molar-refractivity contribution is 5.48. The minimum absolute atomic E-state index is 0.825. The highest BCUT2D eigenvalue weighted by atomic mass is 16.5. The van der Waals surface area contributed by atoms with E-state index in [4.69, 9.17) is 4.74 Å². The van der Waals surface area contributed by atoms with Crippen LogP contribution in [0.2, 0.25) is 0 Å². The first kappa shape index (κ1) is 17.5. The Morgan fingerprint density at radius 1 is 1.00 bits per heavy atom. The summed E-state index contributed by atoms with van der Waals surface area (Å²) in [6.07, 6.45) is 4.50. The zero-order chi connectivity index (χ0) is 17.4. The molecule has 1 saturated heterocycles. The lowest BCUT2D eigenvalue weighted by atomic mass is 10.1. The minimum Gasteiger partial charge on any atom is -0.370 e. The van der Waals surface area contributed by atoms with Gasteiger partial charge in [-0.1, -0.05) is 60.0 Å². The Kier molecular flexibility index (Phi) is 6.06. The van der Waals surface area contributed by atoms with Crippen LogP contribution in [0.5, 0.6) is 0 Å². The number of hydrogen-bond acceptors (Lipinski definition) is 1. The first-order chi connectivity index (χ1) is 12.3. The fourth-order valence-corrected chi connectivity index (χ4v) is 3.06. The van der Waals surface area contributed by atoms with Crippen LogP contribution < -0.4 is 0 Å². The fraction of sp³-hybridized carbons (Fsp3) is 0.304. The highest BCUT2D eigenvalue weighted by Gasteiger charge is 2.28. The molecule has 0 aliphatic carbocycles. The molecule has 2 aromatic carbocycles. The number of rotatable bonds is 4. The second kappa shape index (κ2) is 8.67. The summed E-state index contributed by atoms with van der Waals surface area (Å²) in [5.74, 6) is 6.73. The minimum atomic E-state index is 0.825. The van der Waals surface area contributed by atoms with E-state index >= 15 is 0 Å². The average molecular weight is 332 g/mol. The molecule has 0 N–H and O–H groups in total. The summed E-state index contributed by atoms with van der Waals surface area (Å²) in [4.78, 5) is 0. The van der Waals surface area contributed by atoms with Gasteiger partial charge in [-0.15, -0.1) is 0 Å². The fourth-order valence-electron chi connectivity index (χ4n) is 3.06. The van der Waals surface area contributed by atoms with Crippen molar-refractivity contribution < 1.29 is 9.22 Å². The van der Waals surface area contributed by atoms with Gasteiger partial charge in [-0.05, 0) is 36.6 Å². The molecule has 0 spiro atoms. The van der Waals surface area contributed by atoms with E-state index in [0.717, 1.165) is 49.4 Å². The van der Waals surface area contributed by atoms with Crippen LogP contribution in [-0.2, 0) is 4.74 Å². The number of ether oxygens (including phenoxy) is 1. The van der Waals surface area contributed by atoms with Crippen LogP contribution >= 0.6 is 0 Å². The van der Waals surface area contributed by atoms with Gasteiger partial charge in [-0.25, -0.2) is 0 Å². The van der Waals surface area contributed by atoms with E-state index in [-0.39, 0.29) is 0 Å². The van der Waals surface area contributed by atoms with Gasteiger partial charge in [0.1, 0.15) is 19.6 Å². The average Bonchev–Trinajstić information content (AvgIpc) is 2.65. The van der Waals surface area contributed by atoms with Crippen LogP contribution in [0.1, 0.15) is 16.7 Å². The predicted molar refractivity (Wildman–Crippen MR) is 104 cm³/mol. The van der Waals surface area contributed by atoms with Crippen LogP contribution in [0.4, 0.5) is 0 Å². The summed E-state index contributed by atoms with van der Waals surface area (Å²) in [6, 6.07) is 18.9. The van der Waals surface area contributed by atoms with Crippen LogP contribution in [-0.4, -0.2) is 43.9 Å². The van der Waals surface area contributed by atoms with Crippen LogP contribution in [0, 0.1) is 18.8 Å². The Bertz CT molecular complexity index is 744. The van der Waals surface area contributed by atoms with Gasteiger partial charge in [0.25, 0.3) is 0 Å². The van der Waals surface area contributed by atoms with Gasteiger partial charge in [-0.3, -0.25) is 0 Å². The molecule has 128 valence electrons. The molecule has 2 aromatic rings. The first-order valence-electron chi connectivity index (χ1n) is 8.96. The molecule has 2 nitrogen and oxygen atoms in total. The Morgan fingerprint density at radius 2 is 1.72 bits per heavy atom. The van der Waals surface area contributed by atoms with Gasteiger partial charge < -0.3 is 9.22 Å². The molecule has 1 aliphatic rings. The van der Waals surface area contributed by atoms with Gasteiger partial charge in [0.15, 0.2) is 0 Å². The lowest BCUT2D eigenvalue weighted by Crippen LogP contribution is -2.55. The summed E-state index contributed by atoms with van der Waals surface area (Å²) < 4.78 is 6.57. The third-order valence-corrected chi connectivity index (χ3v) is 4.72. The molecule has 0 aromatic heterocycles. The van der Waals surface area contributed by atoms with E-state index in [0.29, 0.717) is 0 Å². The number of hydrogen-bond donors (Lipinski definition) is 0. The monoisotopic (exact) mass is 332 g/mol. The maximum absolute atomic E-state index is 5.58. The van der Waals surface area contributed by atoms with E-state index in [1.807, 2.05) is 6.07 Å². The van der Waals surface area contributed by atoms with Crippen molar-refractivity contribution in [1.82, 2.24) is 0 Å². The number of morpholine rings is 1. The lowest BCUT2D eigenvalue weighted by molar-refractivity contribution is -0.923. The zero-order valence-electron chi connectivity index (χ0n) is 14.9. The van der Waals surface area contributed by atoms with E-state index < -0.39 is 0 Å². The van der Waals surface area contributed by atoms with Gasteiger partial charge in [0, 0.05) is 5.56 Å². The molecule has 1 aliphatic heterocycles. The molecule has 0 atom stereocenters. The topological polar surface area (TPSA) is 9.23 Å². The third-order valence-electron chi connectivity index (χ3n) is 4.72. The van der Waals surface area contributed by atoms with Crippen molar-refractivity contribution in [2.75, 3.05) is 39.4 Å². The molecule has 25 heavy (non-hydrogen) atoms. The highest BCUT2D eigenvalue weighted by Crippen LogP contribution is 2.12. The van der Waals surface area contributed by atoms with Crippen molar-refractivity contribution in [3.8, 4) is 11.8 Å². The van der Waals surface area contributed by atoms with Gasteiger partial charge in [0.2, 0.25) is 0 Å². The third kappa shape index (κ3) is 5.32. The molecule has 2 heteroatoms. The Labute approximate surface area is 151 Å². The van der Waals surface area contributed by atoms with Crippen LogP contribution in [0.25, 0.3) is 6.08 Å². The van der Waals surface area contributed by atoms with Gasteiger partial charge in [-0.2, -0.15) is 0 Å². The summed E-state index contributed by atoms with van der Waals surface area (Å²) in [7, 11) is 0. The molecule has 0 unspecified atom stereocenters. The summed E-state index contributed by atoms with van der Waals surface area (Å²) >= 11 is 0.